The van der Waals surface area contributed by atoms with Crippen molar-refractivity contribution in [2.75, 3.05) is 0 Å². The van der Waals surface area contributed by atoms with Crippen LogP contribution in [0.2, 0.25) is 0 Å². The van der Waals surface area contributed by atoms with Crippen LogP contribution in [0.25, 0.3) is 257 Å². The van der Waals surface area contributed by atoms with Crippen molar-refractivity contribution in [1.82, 2.24) is 28.7 Å². The van der Waals surface area contributed by atoms with E-state index in [1.165, 1.54) is 257 Å². The lowest BCUT2D eigenvalue weighted by Gasteiger charge is -2.15. The summed E-state index contributed by atoms with van der Waals surface area (Å²) in [6, 6.07) is 165. The number of hydrogen-bond donors (Lipinski definition) is 3. The summed E-state index contributed by atoms with van der Waals surface area (Å²) < 4.78 is 7.17. The van der Waals surface area contributed by atoms with E-state index in [0.717, 1.165) is 0 Å². The maximum absolute atomic E-state index is 3.71. The Bertz CT molecular complexity index is 9400. The molecule has 28 aromatic rings. The van der Waals surface area contributed by atoms with Crippen LogP contribution in [0.15, 0.2) is 455 Å². The topological polar surface area (TPSA) is 62.2 Å². The largest absolute Gasteiger partial charge is 0.354 e. The van der Waals surface area contributed by atoms with E-state index in [-0.39, 0.29) is 0 Å². The van der Waals surface area contributed by atoms with Crippen LogP contribution in [-0.4, -0.2) is 28.7 Å². The molecule has 0 radical (unpaired) electrons. The first-order chi connectivity index (χ1) is 63.5. The van der Waals surface area contributed by atoms with Crippen molar-refractivity contribution in [2.24, 2.45) is 0 Å². The molecule has 0 unspecified atom stereocenters. The van der Waals surface area contributed by atoms with E-state index in [0.29, 0.717) is 0 Å². The van der Waals surface area contributed by atoms with Crippen LogP contribution in [-0.2, 0) is 0 Å². The van der Waals surface area contributed by atoms with Gasteiger partial charge in [-0.05, 0) is 231 Å². The normalized spacial score (nSPS) is 11.9. The minimum Gasteiger partial charge on any atom is -0.354 e. The molecule has 0 spiro atoms. The van der Waals surface area contributed by atoms with Crippen molar-refractivity contribution >= 4 is 185 Å². The molecule has 128 heavy (non-hydrogen) atoms. The van der Waals surface area contributed by atoms with Crippen molar-refractivity contribution < 1.29 is 0 Å². The molecule has 596 valence electrons. The summed E-state index contributed by atoms with van der Waals surface area (Å²) in [5.74, 6) is 0. The van der Waals surface area contributed by atoms with Crippen molar-refractivity contribution in [3.8, 4) is 72.7 Å². The fraction of sp³-hybridized carbons (Fsp3) is 0. The Morgan fingerprint density at radius 3 is 0.789 bits per heavy atom. The standard InChI is InChI=1S/2C44H28N2.C34H22N2/c1-2-10-33(11-3-1)46-42-17-9-7-13-35(42)36-23-22-31(26-43(36)46)29-18-19-30-25-32(21-20-28(30)24-29)39-27-41-44(37-14-5-4-12-34(37)39)38-15-6-8-16-40(38)45-41;1-2-12-29(13-3-1)46-42-21-11-9-17-35(42)36-23-22-28(26-43(36)46)30-24-25-34(32-15-5-4-14-31(30)32)39-27-41-44(37-18-7-6-16-33(37)39)38-19-8-10-20-40(38)45-41;1-2-10-23(11-3-1)36-32-17-9-7-13-25(32)26-19-18-22(20-33(26)36)29-21-31-34(27-14-5-4-12-24(27)29)28-15-6-8-16-30(28)35-31/h2*1-27,45H;1-21,35H. The fourth-order valence-electron chi connectivity index (χ4n) is 21.2. The molecule has 6 nitrogen and oxygen atoms in total. The van der Waals surface area contributed by atoms with E-state index in [9.17, 15) is 0 Å². The van der Waals surface area contributed by atoms with Gasteiger partial charge in [0.05, 0.1) is 33.1 Å². The van der Waals surface area contributed by atoms with Crippen LogP contribution in [0.1, 0.15) is 0 Å². The number of aromatic amines is 3. The molecule has 0 saturated carbocycles. The molecule has 0 aliphatic carbocycles. The second kappa shape index (κ2) is 29.3. The molecule has 6 aromatic heterocycles. The van der Waals surface area contributed by atoms with Gasteiger partial charge in [0.15, 0.2) is 0 Å². The van der Waals surface area contributed by atoms with Gasteiger partial charge in [-0.2, -0.15) is 0 Å². The van der Waals surface area contributed by atoms with Crippen LogP contribution < -0.4 is 0 Å². The molecule has 0 aliphatic heterocycles. The average molecular weight is 1630 g/mol. The van der Waals surface area contributed by atoms with Crippen molar-refractivity contribution in [3.63, 3.8) is 0 Å². The Labute approximate surface area is 735 Å². The van der Waals surface area contributed by atoms with Crippen molar-refractivity contribution in [2.45, 2.75) is 0 Å². The maximum atomic E-state index is 3.71. The highest BCUT2D eigenvalue weighted by Crippen LogP contribution is 2.48. The van der Waals surface area contributed by atoms with E-state index in [1.807, 2.05) is 0 Å². The summed E-state index contributed by atoms with van der Waals surface area (Å²) in [5, 5.41) is 28.0. The van der Waals surface area contributed by atoms with Gasteiger partial charge < -0.3 is 28.7 Å². The van der Waals surface area contributed by atoms with E-state index in [1.54, 1.807) is 0 Å². The monoisotopic (exact) mass is 1630 g/mol. The fourth-order valence-corrected chi connectivity index (χ4v) is 21.2. The minimum absolute atomic E-state index is 1.17. The molecular weight excluding hydrogens is 1550 g/mol. The van der Waals surface area contributed by atoms with Gasteiger partial charge in [0.1, 0.15) is 0 Å². The third-order valence-electron chi connectivity index (χ3n) is 26.9. The van der Waals surface area contributed by atoms with Gasteiger partial charge in [0.25, 0.3) is 0 Å². The zero-order valence-corrected chi connectivity index (χ0v) is 69.6. The summed E-state index contributed by atoms with van der Waals surface area (Å²) in [4.78, 5) is 11.1. The SMILES string of the molecule is c1ccc(-n2c3ccccc3c3ccc(-c4cc5[nH]c6ccccc6c5c5ccccc45)cc32)cc1.c1ccc(-n2c3ccccc3c3ccc(-c4ccc(-c5cc6[nH]c7ccccc7c6c6ccccc56)c5ccccc45)cc32)cc1.c1ccc(-n2c3ccccc3c3ccc(-c4ccc5cc(-c6cc7[nH]c8ccccc8c7c7ccccc67)ccc5c4)cc32)cc1. The first kappa shape index (κ1) is 72.6. The molecule has 0 saturated heterocycles. The second-order valence-corrected chi connectivity index (χ2v) is 33.9. The van der Waals surface area contributed by atoms with Gasteiger partial charge >= 0.3 is 0 Å². The summed E-state index contributed by atoms with van der Waals surface area (Å²) in [7, 11) is 0. The number of nitrogens with one attached hydrogen (secondary N) is 3. The van der Waals surface area contributed by atoms with Gasteiger partial charge in [0, 0.05) is 115 Å². The summed E-state index contributed by atoms with van der Waals surface area (Å²) in [6.07, 6.45) is 0. The van der Waals surface area contributed by atoms with Gasteiger partial charge in [-0.3, -0.25) is 0 Å². The van der Waals surface area contributed by atoms with Crippen LogP contribution >= 0.6 is 0 Å². The highest BCUT2D eigenvalue weighted by atomic mass is 15.0. The summed E-state index contributed by atoms with van der Waals surface area (Å²) in [5.41, 5.74) is 30.2. The lowest BCUT2D eigenvalue weighted by atomic mass is 9.89. The predicted molar refractivity (Wildman–Crippen MR) is 545 cm³/mol. The first-order valence-electron chi connectivity index (χ1n) is 44.1. The lowest BCUT2D eigenvalue weighted by molar-refractivity contribution is 1.18. The number of hydrogen-bond acceptors (Lipinski definition) is 0. The number of H-pyrrole nitrogens is 3. The second-order valence-electron chi connectivity index (χ2n) is 33.9. The Morgan fingerprint density at radius 1 is 0.133 bits per heavy atom. The molecule has 0 atom stereocenters. The Kier molecular flexibility index (Phi) is 16.6. The molecule has 6 heteroatoms. The zero-order chi connectivity index (χ0) is 84.0. The number of fused-ring (bicyclic) bond motifs is 26. The third-order valence-corrected chi connectivity index (χ3v) is 26.9. The molecule has 0 aliphatic rings. The van der Waals surface area contributed by atoms with Gasteiger partial charge in [-0.1, -0.05) is 334 Å². The highest BCUT2D eigenvalue weighted by Gasteiger charge is 2.23. The molecule has 28 rings (SSSR count). The van der Waals surface area contributed by atoms with Gasteiger partial charge in [-0.25, -0.2) is 0 Å². The van der Waals surface area contributed by atoms with Gasteiger partial charge in [-0.15, -0.1) is 0 Å². The van der Waals surface area contributed by atoms with E-state index >= 15 is 0 Å². The number of aromatic nitrogens is 6. The number of nitrogens with zero attached hydrogens (tertiary/aromatic N) is 3. The smallest absolute Gasteiger partial charge is 0.0547 e. The molecule has 0 bridgehead atoms. The zero-order valence-electron chi connectivity index (χ0n) is 69.6. The van der Waals surface area contributed by atoms with Crippen LogP contribution in [0.3, 0.4) is 0 Å². The predicted octanol–water partition coefficient (Wildman–Crippen LogP) is 33.4. The number of benzene rings is 22. The third kappa shape index (κ3) is 11.6. The minimum atomic E-state index is 1.17. The quantitative estimate of drug-likeness (QED) is 0.136. The Morgan fingerprint density at radius 2 is 0.383 bits per heavy atom. The van der Waals surface area contributed by atoms with E-state index in [2.05, 4.69) is 484 Å². The van der Waals surface area contributed by atoms with Crippen LogP contribution in [0.4, 0.5) is 0 Å². The highest BCUT2D eigenvalue weighted by molar-refractivity contribution is 6.28. The Balaban J connectivity index is 0.000000103. The van der Waals surface area contributed by atoms with Crippen molar-refractivity contribution in [1.29, 1.82) is 0 Å². The number of rotatable bonds is 8. The number of para-hydroxylation sites is 9. The van der Waals surface area contributed by atoms with Crippen LogP contribution in [0, 0.1) is 0 Å². The summed E-state index contributed by atoms with van der Waals surface area (Å²) >= 11 is 0. The lowest BCUT2D eigenvalue weighted by Crippen LogP contribution is -1.93. The Hall–Kier alpha value is -17.1. The molecular formula is C122H78N6. The van der Waals surface area contributed by atoms with E-state index < -0.39 is 0 Å². The molecule has 0 fully saturated rings. The maximum Gasteiger partial charge on any atom is 0.0547 e. The van der Waals surface area contributed by atoms with Crippen molar-refractivity contribution in [3.05, 3.63) is 455 Å². The van der Waals surface area contributed by atoms with Crippen LogP contribution in [0.5, 0.6) is 0 Å². The molecule has 22 aromatic carbocycles. The molecule has 3 N–H and O–H groups in total. The summed E-state index contributed by atoms with van der Waals surface area (Å²) in [6.45, 7) is 0. The molecule has 0 amide bonds. The van der Waals surface area contributed by atoms with E-state index in [4.69, 9.17) is 0 Å². The average Bonchev–Trinajstić information content (AvgIpc) is 1.71. The van der Waals surface area contributed by atoms with Gasteiger partial charge in [0.2, 0.25) is 0 Å². The first-order valence-corrected chi connectivity index (χ1v) is 44.1. The molecule has 6 heterocycles.